The summed E-state index contributed by atoms with van der Waals surface area (Å²) in [7, 11) is 0. The molecule has 3 aliphatic rings. The number of rotatable bonds is 3. The Balaban J connectivity index is 1.59. The van der Waals surface area contributed by atoms with E-state index in [4.69, 9.17) is 6.42 Å². The van der Waals surface area contributed by atoms with Crippen LogP contribution in [0.3, 0.4) is 0 Å². The van der Waals surface area contributed by atoms with Gasteiger partial charge in [0.1, 0.15) is 5.54 Å². The van der Waals surface area contributed by atoms with Crippen molar-refractivity contribution in [3.8, 4) is 12.3 Å². The molecule has 0 aromatic heterocycles. The highest BCUT2D eigenvalue weighted by Gasteiger charge is 2.50. The van der Waals surface area contributed by atoms with E-state index < -0.39 is 5.54 Å². The maximum atomic E-state index is 13.0. The summed E-state index contributed by atoms with van der Waals surface area (Å²) in [6, 6.07) is -0.216. The molecule has 0 atom stereocenters. The summed E-state index contributed by atoms with van der Waals surface area (Å²) in [6.07, 6.45) is 12.5. The van der Waals surface area contributed by atoms with Crippen molar-refractivity contribution < 1.29 is 9.59 Å². The maximum absolute atomic E-state index is 13.0. The molecule has 0 unspecified atom stereocenters. The van der Waals surface area contributed by atoms with Gasteiger partial charge in [-0.3, -0.25) is 14.6 Å². The van der Waals surface area contributed by atoms with Crippen LogP contribution in [0.4, 0.5) is 4.79 Å². The summed E-state index contributed by atoms with van der Waals surface area (Å²) in [4.78, 5) is 31.2. The Morgan fingerprint density at radius 1 is 0.958 bits per heavy atom. The van der Waals surface area contributed by atoms with Crippen LogP contribution < -0.4 is 5.32 Å². The molecule has 0 radical (unpaired) electrons. The van der Waals surface area contributed by atoms with Gasteiger partial charge in [-0.15, -0.1) is 6.42 Å². The van der Waals surface area contributed by atoms with E-state index in [1.165, 1.54) is 11.3 Å². The van der Waals surface area contributed by atoms with Gasteiger partial charge < -0.3 is 5.32 Å². The molecule has 0 aromatic carbocycles. The van der Waals surface area contributed by atoms with Gasteiger partial charge in [0.05, 0.1) is 13.2 Å². The molecule has 1 aliphatic carbocycles. The number of carbonyl (C=O) groups is 2. The highest BCUT2D eigenvalue weighted by Crippen LogP contribution is 2.32. The van der Waals surface area contributed by atoms with E-state index in [9.17, 15) is 9.59 Å². The van der Waals surface area contributed by atoms with Gasteiger partial charge in [-0.2, -0.15) is 0 Å². The van der Waals surface area contributed by atoms with Crippen LogP contribution in [-0.4, -0.2) is 71.6 Å². The number of carbonyl (C=O) groups excluding carboxylic acids is 2. The zero-order valence-electron chi connectivity index (χ0n) is 14.4. The van der Waals surface area contributed by atoms with E-state index in [-0.39, 0.29) is 11.9 Å². The smallest absolute Gasteiger partial charge is 0.323 e. The molecule has 1 saturated carbocycles. The third-order valence-electron chi connectivity index (χ3n) is 5.57. The second-order valence-corrected chi connectivity index (χ2v) is 7.25. The Morgan fingerprint density at radius 2 is 1.54 bits per heavy atom. The molecular formula is C18H28N4O2. The molecular weight excluding hydrogens is 304 g/mol. The normalized spacial score (nSPS) is 26.0. The molecule has 2 saturated heterocycles. The first kappa shape index (κ1) is 17.2. The molecule has 6 heteroatoms. The first-order chi connectivity index (χ1) is 11.6. The first-order valence-electron chi connectivity index (χ1n) is 9.17. The number of urea groups is 1. The average Bonchev–Trinajstić information content (AvgIpc) is 2.78. The Labute approximate surface area is 144 Å². The van der Waals surface area contributed by atoms with E-state index in [1.807, 2.05) is 0 Å². The van der Waals surface area contributed by atoms with Crippen LogP contribution in [0.5, 0.6) is 0 Å². The van der Waals surface area contributed by atoms with Gasteiger partial charge in [0.2, 0.25) is 0 Å². The maximum Gasteiger partial charge on any atom is 0.326 e. The minimum absolute atomic E-state index is 0.0135. The van der Waals surface area contributed by atoms with Crippen molar-refractivity contribution in [2.24, 2.45) is 0 Å². The lowest BCUT2D eigenvalue weighted by Gasteiger charge is -2.35. The molecule has 3 rings (SSSR count). The molecule has 132 valence electrons. The third-order valence-corrected chi connectivity index (χ3v) is 5.57. The van der Waals surface area contributed by atoms with Crippen LogP contribution in [0.25, 0.3) is 0 Å². The number of nitrogens with zero attached hydrogens (tertiary/aromatic N) is 3. The summed E-state index contributed by atoms with van der Waals surface area (Å²) in [5.41, 5.74) is -0.636. The summed E-state index contributed by atoms with van der Waals surface area (Å²) < 4.78 is 0. The molecule has 3 amide bonds. The fraction of sp³-hybridized carbons (Fsp3) is 0.778. The van der Waals surface area contributed by atoms with Gasteiger partial charge in [-0.25, -0.2) is 9.69 Å². The molecule has 0 bridgehead atoms. The van der Waals surface area contributed by atoms with Crippen LogP contribution in [0.2, 0.25) is 0 Å². The van der Waals surface area contributed by atoms with Crippen LogP contribution in [0.15, 0.2) is 0 Å². The van der Waals surface area contributed by atoms with Crippen molar-refractivity contribution in [3.05, 3.63) is 0 Å². The predicted octanol–water partition coefficient (Wildman–Crippen LogP) is 1.23. The second-order valence-electron chi connectivity index (χ2n) is 7.25. The molecule has 0 aromatic rings. The van der Waals surface area contributed by atoms with Gasteiger partial charge in [0, 0.05) is 26.2 Å². The molecule has 6 nitrogen and oxygen atoms in total. The minimum Gasteiger partial charge on any atom is -0.323 e. The van der Waals surface area contributed by atoms with E-state index in [0.29, 0.717) is 13.2 Å². The van der Waals surface area contributed by atoms with Gasteiger partial charge in [-0.1, -0.05) is 38.0 Å². The number of terminal acetylenes is 1. The van der Waals surface area contributed by atoms with E-state index in [2.05, 4.69) is 21.0 Å². The molecule has 2 heterocycles. The van der Waals surface area contributed by atoms with E-state index in [0.717, 1.165) is 64.7 Å². The molecule has 3 fully saturated rings. The summed E-state index contributed by atoms with van der Waals surface area (Å²) in [6.45, 7) is 4.52. The van der Waals surface area contributed by atoms with Gasteiger partial charge in [-0.05, 0) is 12.8 Å². The monoisotopic (exact) mass is 332 g/mol. The molecule has 1 spiro atoms. The second kappa shape index (κ2) is 7.54. The molecule has 24 heavy (non-hydrogen) atoms. The lowest BCUT2D eigenvalue weighted by Crippen LogP contribution is -2.52. The van der Waals surface area contributed by atoms with E-state index >= 15 is 0 Å². The summed E-state index contributed by atoms with van der Waals surface area (Å²) in [5.74, 6) is 2.65. The molecule has 1 N–H and O–H groups in total. The number of hydrogen-bond donors (Lipinski definition) is 1. The SMILES string of the molecule is C#CCN1CCN(CN2C(=O)NC3(CCCCCCC3)C2=O)CC1. The minimum atomic E-state index is -0.636. The van der Waals surface area contributed by atoms with Crippen molar-refractivity contribution in [3.63, 3.8) is 0 Å². The predicted molar refractivity (Wildman–Crippen MR) is 92.1 cm³/mol. The van der Waals surface area contributed by atoms with Crippen LogP contribution in [0, 0.1) is 12.3 Å². The Morgan fingerprint density at radius 3 is 2.17 bits per heavy atom. The summed E-state index contributed by atoms with van der Waals surface area (Å²) in [5, 5.41) is 3.03. The van der Waals surface area contributed by atoms with Crippen molar-refractivity contribution in [2.45, 2.75) is 50.5 Å². The lowest BCUT2D eigenvalue weighted by molar-refractivity contribution is -0.133. The Bertz CT molecular complexity index is 512. The number of hydrogen-bond acceptors (Lipinski definition) is 4. The highest BCUT2D eigenvalue weighted by molar-refractivity contribution is 6.07. The number of imide groups is 1. The third kappa shape index (κ3) is 3.57. The van der Waals surface area contributed by atoms with Gasteiger partial charge >= 0.3 is 6.03 Å². The zero-order chi connectivity index (χ0) is 17.0. The van der Waals surface area contributed by atoms with Crippen LogP contribution >= 0.6 is 0 Å². The Kier molecular flexibility index (Phi) is 5.42. The fourth-order valence-corrected chi connectivity index (χ4v) is 4.07. The van der Waals surface area contributed by atoms with Crippen molar-refractivity contribution >= 4 is 11.9 Å². The summed E-state index contributed by atoms with van der Waals surface area (Å²) >= 11 is 0. The number of amides is 3. The van der Waals surface area contributed by atoms with Crippen molar-refractivity contribution in [1.29, 1.82) is 0 Å². The largest absolute Gasteiger partial charge is 0.326 e. The highest BCUT2D eigenvalue weighted by atomic mass is 16.2. The van der Waals surface area contributed by atoms with Gasteiger partial charge in [0.15, 0.2) is 0 Å². The standard InChI is InChI=1S/C18H28N4O2/c1-2-10-20-11-13-21(14-12-20)15-22-16(23)18(19-17(22)24)8-6-4-3-5-7-9-18/h1H,3-15H2,(H,19,24). The molecule has 2 aliphatic heterocycles. The van der Waals surface area contributed by atoms with E-state index in [1.54, 1.807) is 0 Å². The average molecular weight is 332 g/mol. The lowest BCUT2D eigenvalue weighted by atomic mass is 9.84. The van der Waals surface area contributed by atoms with Crippen molar-refractivity contribution in [1.82, 2.24) is 20.0 Å². The number of nitrogens with one attached hydrogen (secondary N) is 1. The van der Waals surface area contributed by atoms with Crippen LogP contribution in [0.1, 0.15) is 44.9 Å². The Hall–Kier alpha value is -1.58. The van der Waals surface area contributed by atoms with Crippen LogP contribution in [-0.2, 0) is 4.79 Å². The van der Waals surface area contributed by atoms with Crippen molar-refractivity contribution in [2.75, 3.05) is 39.4 Å². The fourth-order valence-electron chi connectivity index (χ4n) is 4.07. The zero-order valence-corrected chi connectivity index (χ0v) is 14.4. The number of piperazine rings is 1. The first-order valence-corrected chi connectivity index (χ1v) is 9.17. The quantitative estimate of drug-likeness (QED) is 0.624. The van der Waals surface area contributed by atoms with Gasteiger partial charge in [0.25, 0.3) is 5.91 Å². The topological polar surface area (TPSA) is 55.9 Å².